The van der Waals surface area contributed by atoms with E-state index < -0.39 is 0 Å². The molecule has 0 bridgehead atoms. The number of benzene rings is 1. The van der Waals surface area contributed by atoms with Crippen LogP contribution in [0.15, 0.2) is 40.9 Å². The molecule has 0 radical (unpaired) electrons. The fourth-order valence-electron chi connectivity index (χ4n) is 1.43. The summed E-state index contributed by atoms with van der Waals surface area (Å²) in [7, 11) is 0. The Labute approximate surface area is 78.8 Å². The van der Waals surface area contributed by atoms with Crippen LogP contribution in [0.1, 0.15) is 18.1 Å². The van der Waals surface area contributed by atoms with Crippen LogP contribution >= 0.6 is 0 Å². The molecule has 2 rings (SSSR count). The van der Waals surface area contributed by atoms with E-state index in [-0.39, 0.29) is 0 Å². The maximum absolute atomic E-state index is 4.44. The molecule has 0 unspecified atom stereocenters. The van der Waals surface area contributed by atoms with Crippen molar-refractivity contribution in [2.45, 2.75) is 13.8 Å². The monoisotopic (exact) mass is 171 g/mol. The largest absolute Gasteiger partial charge is 0.280 e. The number of nitrogens with zero attached hydrogens (tertiary/aromatic N) is 1. The summed E-state index contributed by atoms with van der Waals surface area (Å²) in [5.41, 5.74) is 4.98. The van der Waals surface area contributed by atoms with Crippen molar-refractivity contribution in [2.75, 3.05) is 6.54 Å². The Hall–Kier alpha value is -1.37. The number of rotatable bonds is 1. The van der Waals surface area contributed by atoms with Crippen LogP contribution in [0, 0.1) is 6.92 Å². The third kappa shape index (κ3) is 1.69. The molecule has 0 saturated heterocycles. The summed E-state index contributed by atoms with van der Waals surface area (Å²) in [6.07, 6.45) is 2.16. The molecule has 0 fully saturated rings. The van der Waals surface area contributed by atoms with E-state index in [0.717, 1.165) is 12.3 Å². The lowest BCUT2D eigenvalue weighted by molar-refractivity contribution is 1.18. The normalized spacial score (nSPS) is 15.5. The molecule has 13 heavy (non-hydrogen) atoms. The molecule has 0 aromatic heterocycles. The first-order valence-electron chi connectivity index (χ1n) is 4.54. The van der Waals surface area contributed by atoms with E-state index in [1.165, 1.54) is 16.7 Å². The average molecular weight is 171 g/mol. The van der Waals surface area contributed by atoms with Crippen molar-refractivity contribution in [3.05, 3.63) is 47.0 Å². The standard InChI is InChI=1S/C12H13N/c1-9-3-5-11(6-4-9)12-7-10(2)8-13-12/h3-7H,8H2,1-2H3. The number of hydrogen-bond donors (Lipinski definition) is 0. The van der Waals surface area contributed by atoms with E-state index in [1.54, 1.807) is 0 Å². The summed E-state index contributed by atoms with van der Waals surface area (Å²) in [6.45, 7) is 5.08. The lowest BCUT2D eigenvalue weighted by Crippen LogP contribution is -1.93. The second kappa shape index (κ2) is 3.17. The van der Waals surface area contributed by atoms with Crippen LogP contribution in [-0.4, -0.2) is 12.3 Å². The Kier molecular flexibility index (Phi) is 2.01. The Morgan fingerprint density at radius 2 is 1.77 bits per heavy atom. The number of aliphatic imine (C=N–C) groups is 1. The molecule has 0 N–H and O–H groups in total. The molecule has 1 heterocycles. The van der Waals surface area contributed by atoms with Gasteiger partial charge in [0.25, 0.3) is 0 Å². The molecule has 1 heteroatoms. The van der Waals surface area contributed by atoms with E-state index in [0.29, 0.717) is 0 Å². The first-order chi connectivity index (χ1) is 6.25. The van der Waals surface area contributed by atoms with E-state index in [2.05, 4.69) is 49.2 Å². The van der Waals surface area contributed by atoms with Gasteiger partial charge in [0, 0.05) is 0 Å². The Balaban J connectivity index is 2.32. The first kappa shape index (κ1) is 8.24. The fraction of sp³-hybridized carbons (Fsp3) is 0.250. The van der Waals surface area contributed by atoms with Gasteiger partial charge in [-0.1, -0.05) is 29.8 Å². The highest BCUT2D eigenvalue weighted by atomic mass is 14.8. The number of allylic oxidation sites excluding steroid dienone is 1. The van der Waals surface area contributed by atoms with Gasteiger partial charge in [-0.2, -0.15) is 0 Å². The SMILES string of the molecule is CC1=CC(c2ccc(C)cc2)=NC1. The van der Waals surface area contributed by atoms with E-state index >= 15 is 0 Å². The van der Waals surface area contributed by atoms with E-state index in [9.17, 15) is 0 Å². The summed E-state index contributed by atoms with van der Waals surface area (Å²) in [4.78, 5) is 4.44. The van der Waals surface area contributed by atoms with Gasteiger partial charge in [-0.3, -0.25) is 4.99 Å². The van der Waals surface area contributed by atoms with Gasteiger partial charge < -0.3 is 0 Å². The molecular formula is C12H13N. The van der Waals surface area contributed by atoms with Crippen LogP contribution < -0.4 is 0 Å². The van der Waals surface area contributed by atoms with Gasteiger partial charge in [0.1, 0.15) is 0 Å². The zero-order valence-electron chi connectivity index (χ0n) is 8.04. The van der Waals surface area contributed by atoms with Gasteiger partial charge >= 0.3 is 0 Å². The van der Waals surface area contributed by atoms with Crippen LogP contribution in [0.2, 0.25) is 0 Å². The highest BCUT2D eigenvalue weighted by Gasteiger charge is 2.05. The minimum absolute atomic E-state index is 0.864. The van der Waals surface area contributed by atoms with Crippen molar-refractivity contribution in [1.82, 2.24) is 0 Å². The lowest BCUT2D eigenvalue weighted by Gasteiger charge is -1.98. The summed E-state index contributed by atoms with van der Waals surface area (Å²) in [6, 6.07) is 8.51. The van der Waals surface area contributed by atoms with Crippen molar-refractivity contribution >= 4 is 5.71 Å². The zero-order valence-corrected chi connectivity index (χ0v) is 8.04. The van der Waals surface area contributed by atoms with Crippen LogP contribution in [-0.2, 0) is 0 Å². The Bertz CT molecular complexity index is 369. The zero-order chi connectivity index (χ0) is 9.26. The highest BCUT2D eigenvalue weighted by Crippen LogP contribution is 2.12. The summed E-state index contributed by atoms with van der Waals surface area (Å²) >= 11 is 0. The van der Waals surface area contributed by atoms with E-state index in [1.807, 2.05) is 0 Å². The third-order valence-electron chi connectivity index (χ3n) is 2.23. The molecule has 1 aliphatic heterocycles. The summed E-state index contributed by atoms with van der Waals surface area (Å²) in [5.74, 6) is 0. The molecule has 0 atom stereocenters. The molecule has 0 amide bonds. The molecule has 1 aromatic rings. The molecule has 1 aliphatic rings. The number of aryl methyl sites for hydroxylation is 1. The predicted molar refractivity (Wildman–Crippen MR) is 56.3 cm³/mol. The molecule has 0 spiro atoms. The Morgan fingerprint density at radius 1 is 1.08 bits per heavy atom. The van der Waals surface area contributed by atoms with Crippen LogP contribution in [0.4, 0.5) is 0 Å². The fourth-order valence-corrected chi connectivity index (χ4v) is 1.43. The molecule has 0 saturated carbocycles. The van der Waals surface area contributed by atoms with Gasteiger partial charge in [0.05, 0.1) is 12.3 Å². The third-order valence-corrected chi connectivity index (χ3v) is 2.23. The summed E-state index contributed by atoms with van der Waals surface area (Å²) in [5, 5.41) is 0. The number of hydrogen-bond acceptors (Lipinski definition) is 1. The van der Waals surface area contributed by atoms with Crippen molar-refractivity contribution in [2.24, 2.45) is 4.99 Å². The predicted octanol–water partition coefficient (Wildman–Crippen LogP) is 2.74. The maximum atomic E-state index is 4.44. The molecule has 0 aliphatic carbocycles. The van der Waals surface area contributed by atoms with Crippen molar-refractivity contribution in [3.8, 4) is 0 Å². The van der Waals surface area contributed by atoms with Gasteiger partial charge in [-0.05, 0) is 31.1 Å². The van der Waals surface area contributed by atoms with Gasteiger partial charge in [-0.15, -0.1) is 0 Å². The van der Waals surface area contributed by atoms with Gasteiger partial charge in [0.2, 0.25) is 0 Å². The summed E-state index contributed by atoms with van der Waals surface area (Å²) < 4.78 is 0. The van der Waals surface area contributed by atoms with Crippen molar-refractivity contribution in [3.63, 3.8) is 0 Å². The second-order valence-corrected chi connectivity index (χ2v) is 3.56. The molecule has 66 valence electrons. The smallest absolute Gasteiger partial charge is 0.0650 e. The first-order valence-corrected chi connectivity index (χ1v) is 4.54. The minimum atomic E-state index is 0.864. The highest BCUT2D eigenvalue weighted by molar-refractivity contribution is 6.10. The van der Waals surface area contributed by atoms with Gasteiger partial charge in [-0.25, -0.2) is 0 Å². The lowest BCUT2D eigenvalue weighted by atomic mass is 10.1. The molecular weight excluding hydrogens is 158 g/mol. The topological polar surface area (TPSA) is 12.4 Å². The maximum Gasteiger partial charge on any atom is 0.0650 e. The molecule has 1 nitrogen and oxygen atoms in total. The van der Waals surface area contributed by atoms with Crippen molar-refractivity contribution < 1.29 is 0 Å². The van der Waals surface area contributed by atoms with Crippen LogP contribution in [0.5, 0.6) is 0 Å². The van der Waals surface area contributed by atoms with Gasteiger partial charge in [0.15, 0.2) is 0 Å². The van der Waals surface area contributed by atoms with Crippen LogP contribution in [0.25, 0.3) is 0 Å². The second-order valence-electron chi connectivity index (χ2n) is 3.56. The Morgan fingerprint density at radius 3 is 2.31 bits per heavy atom. The van der Waals surface area contributed by atoms with E-state index in [4.69, 9.17) is 0 Å². The van der Waals surface area contributed by atoms with Crippen molar-refractivity contribution in [1.29, 1.82) is 0 Å². The van der Waals surface area contributed by atoms with Crippen LogP contribution in [0.3, 0.4) is 0 Å². The minimum Gasteiger partial charge on any atom is -0.280 e. The molecule has 1 aromatic carbocycles. The average Bonchev–Trinajstić information content (AvgIpc) is 2.53. The quantitative estimate of drug-likeness (QED) is 0.616.